The second-order valence-corrected chi connectivity index (χ2v) is 8.95. The standard InChI is InChI=1S/C26H35N5O2/c1-21-8-7-12-31-23(20-28(2)14-15-30-16-18-33-19-17-30)24(27-25(21)31)26(32)29(3)13-11-22-9-5-4-6-10-22/h4-10,12H,11,13-20H2,1-3H3. The van der Waals surface area contributed by atoms with Gasteiger partial charge in [0, 0.05) is 52.5 Å². The number of nitrogens with zero attached hydrogens (tertiary/aromatic N) is 5. The SMILES string of the molecule is Cc1cccn2c(CN(C)CCN3CCOCC3)c(C(=O)N(C)CCc3ccccc3)nc12. The first kappa shape index (κ1) is 23.4. The highest BCUT2D eigenvalue weighted by molar-refractivity contribution is 5.94. The molecular formula is C26H35N5O2. The molecule has 0 bridgehead atoms. The lowest BCUT2D eigenvalue weighted by atomic mass is 10.1. The normalized spacial score (nSPS) is 14.8. The molecule has 0 spiro atoms. The second-order valence-electron chi connectivity index (χ2n) is 8.95. The molecule has 3 heterocycles. The van der Waals surface area contributed by atoms with Crippen molar-refractivity contribution in [1.29, 1.82) is 0 Å². The van der Waals surface area contributed by atoms with Crippen LogP contribution in [0.25, 0.3) is 5.65 Å². The lowest BCUT2D eigenvalue weighted by Gasteiger charge is -2.28. The number of carbonyl (C=O) groups excluding carboxylic acids is 1. The number of carbonyl (C=O) groups is 1. The van der Waals surface area contributed by atoms with Crippen LogP contribution in [0.2, 0.25) is 0 Å². The summed E-state index contributed by atoms with van der Waals surface area (Å²) in [6.45, 7) is 8.88. The Bertz CT molecular complexity index is 1060. The number of morpholine rings is 1. The zero-order valence-corrected chi connectivity index (χ0v) is 20.0. The van der Waals surface area contributed by atoms with Crippen LogP contribution in [0.1, 0.15) is 27.3 Å². The molecule has 4 rings (SSSR count). The first-order chi connectivity index (χ1) is 16.0. The Balaban J connectivity index is 1.49. The zero-order chi connectivity index (χ0) is 23.2. The van der Waals surface area contributed by atoms with E-state index in [2.05, 4.69) is 33.4 Å². The smallest absolute Gasteiger partial charge is 0.274 e. The number of ether oxygens (including phenoxy) is 1. The molecule has 7 heteroatoms. The second kappa shape index (κ2) is 10.9. The molecule has 1 fully saturated rings. The van der Waals surface area contributed by atoms with E-state index in [1.165, 1.54) is 5.56 Å². The van der Waals surface area contributed by atoms with Crippen LogP contribution < -0.4 is 0 Å². The average Bonchev–Trinajstić information content (AvgIpc) is 3.21. The van der Waals surface area contributed by atoms with Gasteiger partial charge in [-0.15, -0.1) is 0 Å². The van der Waals surface area contributed by atoms with Gasteiger partial charge in [0.15, 0.2) is 5.69 Å². The summed E-state index contributed by atoms with van der Waals surface area (Å²) in [7, 11) is 3.98. The van der Waals surface area contributed by atoms with Crippen molar-refractivity contribution in [3.63, 3.8) is 0 Å². The molecule has 0 saturated carbocycles. The van der Waals surface area contributed by atoms with E-state index in [9.17, 15) is 4.79 Å². The topological polar surface area (TPSA) is 53.3 Å². The number of likely N-dealkylation sites (N-methyl/N-ethyl adjacent to an activating group) is 2. The van der Waals surface area contributed by atoms with E-state index in [4.69, 9.17) is 9.72 Å². The number of amides is 1. The van der Waals surface area contributed by atoms with Crippen LogP contribution in [-0.4, -0.2) is 90.0 Å². The summed E-state index contributed by atoms with van der Waals surface area (Å²) in [5.41, 5.74) is 4.66. The largest absolute Gasteiger partial charge is 0.379 e. The summed E-state index contributed by atoms with van der Waals surface area (Å²) in [4.78, 5) is 24.8. The van der Waals surface area contributed by atoms with Crippen LogP contribution in [0.3, 0.4) is 0 Å². The summed E-state index contributed by atoms with van der Waals surface area (Å²) in [6, 6.07) is 14.3. The van der Waals surface area contributed by atoms with Crippen LogP contribution in [0, 0.1) is 6.92 Å². The Morgan fingerprint density at radius 3 is 2.58 bits per heavy atom. The van der Waals surface area contributed by atoms with Gasteiger partial charge >= 0.3 is 0 Å². The minimum atomic E-state index is -0.0226. The van der Waals surface area contributed by atoms with E-state index < -0.39 is 0 Å². The summed E-state index contributed by atoms with van der Waals surface area (Å²) < 4.78 is 7.54. The van der Waals surface area contributed by atoms with Gasteiger partial charge in [0.1, 0.15) is 5.65 Å². The maximum absolute atomic E-state index is 13.5. The molecule has 1 amide bonds. The summed E-state index contributed by atoms with van der Waals surface area (Å²) in [5, 5.41) is 0. The highest BCUT2D eigenvalue weighted by Crippen LogP contribution is 2.19. The summed E-state index contributed by atoms with van der Waals surface area (Å²) in [6.07, 6.45) is 2.84. The van der Waals surface area contributed by atoms with Crippen LogP contribution in [-0.2, 0) is 17.7 Å². The molecule has 1 aliphatic rings. The van der Waals surface area contributed by atoms with E-state index in [-0.39, 0.29) is 5.91 Å². The molecule has 1 saturated heterocycles. The minimum Gasteiger partial charge on any atom is -0.379 e. The molecule has 176 valence electrons. The highest BCUT2D eigenvalue weighted by atomic mass is 16.5. The molecular weight excluding hydrogens is 414 g/mol. The first-order valence-corrected chi connectivity index (χ1v) is 11.8. The van der Waals surface area contributed by atoms with Crippen molar-refractivity contribution in [2.75, 3.05) is 60.0 Å². The van der Waals surface area contributed by atoms with Crippen molar-refractivity contribution < 1.29 is 9.53 Å². The lowest BCUT2D eigenvalue weighted by molar-refractivity contribution is 0.0341. The molecule has 1 aliphatic heterocycles. The Morgan fingerprint density at radius 1 is 1.06 bits per heavy atom. The van der Waals surface area contributed by atoms with Crippen molar-refractivity contribution >= 4 is 11.6 Å². The maximum atomic E-state index is 13.5. The fraction of sp³-hybridized carbons (Fsp3) is 0.462. The Kier molecular flexibility index (Phi) is 7.75. The molecule has 1 aromatic carbocycles. The highest BCUT2D eigenvalue weighted by Gasteiger charge is 2.23. The molecule has 3 aromatic rings. The number of hydrogen-bond acceptors (Lipinski definition) is 5. The maximum Gasteiger partial charge on any atom is 0.274 e. The predicted octanol–water partition coefficient (Wildman–Crippen LogP) is 2.72. The van der Waals surface area contributed by atoms with Crippen LogP contribution in [0.15, 0.2) is 48.7 Å². The number of fused-ring (bicyclic) bond motifs is 1. The van der Waals surface area contributed by atoms with Crippen LogP contribution in [0.5, 0.6) is 0 Å². The van der Waals surface area contributed by atoms with Gasteiger partial charge in [-0.25, -0.2) is 4.98 Å². The van der Waals surface area contributed by atoms with E-state index in [0.717, 1.165) is 62.7 Å². The van der Waals surface area contributed by atoms with Gasteiger partial charge in [0.05, 0.1) is 18.9 Å². The van der Waals surface area contributed by atoms with Gasteiger partial charge in [0.25, 0.3) is 5.91 Å². The molecule has 2 aromatic heterocycles. The minimum absolute atomic E-state index is 0.0226. The van der Waals surface area contributed by atoms with Crippen LogP contribution >= 0.6 is 0 Å². The van der Waals surface area contributed by atoms with E-state index >= 15 is 0 Å². The van der Waals surface area contributed by atoms with E-state index in [1.54, 1.807) is 4.90 Å². The van der Waals surface area contributed by atoms with Crippen molar-refractivity contribution in [3.8, 4) is 0 Å². The van der Waals surface area contributed by atoms with E-state index in [1.807, 2.05) is 50.5 Å². The number of benzene rings is 1. The van der Waals surface area contributed by atoms with Gasteiger partial charge < -0.3 is 14.0 Å². The third-order valence-corrected chi connectivity index (χ3v) is 6.39. The van der Waals surface area contributed by atoms with Crippen molar-refractivity contribution in [2.45, 2.75) is 19.9 Å². The van der Waals surface area contributed by atoms with Gasteiger partial charge in [0.2, 0.25) is 0 Å². The fourth-order valence-corrected chi connectivity index (χ4v) is 4.27. The molecule has 0 aliphatic carbocycles. The van der Waals surface area contributed by atoms with Crippen LogP contribution in [0.4, 0.5) is 0 Å². The van der Waals surface area contributed by atoms with Gasteiger partial charge in [-0.3, -0.25) is 14.6 Å². The quantitative estimate of drug-likeness (QED) is 0.503. The van der Waals surface area contributed by atoms with Gasteiger partial charge in [-0.05, 0) is 37.6 Å². The number of aryl methyl sites for hydroxylation is 1. The van der Waals surface area contributed by atoms with Gasteiger partial charge in [-0.1, -0.05) is 36.4 Å². The fourth-order valence-electron chi connectivity index (χ4n) is 4.27. The number of rotatable bonds is 9. The Hall–Kier alpha value is -2.74. The third kappa shape index (κ3) is 5.79. The number of hydrogen-bond donors (Lipinski definition) is 0. The summed E-state index contributed by atoms with van der Waals surface area (Å²) in [5.74, 6) is -0.0226. The van der Waals surface area contributed by atoms with Crippen molar-refractivity contribution in [1.82, 2.24) is 24.1 Å². The Morgan fingerprint density at radius 2 is 1.82 bits per heavy atom. The number of pyridine rings is 1. The number of imidazole rings is 1. The Labute approximate surface area is 196 Å². The van der Waals surface area contributed by atoms with E-state index in [0.29, 0.717) is 18.8 Å². The average molecular weight is 450 g/mol. The molecule has 0 atom stereocenters. The lowest BCUT2D eigenvalue weighted by Crippen LogP contribution is -2.40. The monoisotopic (exact) mass is 449 g/mol. The van der Waals surface area contributed by atoms with Gasteiger partial charge in [-0.2, -0.15) is 0 Å². The van der Waals surface area contributed by atoms with Crippen molar-refractivity contribution in [3.05, 3.63) is 71.2 Å². The molecule has 33 heavy (non-hydrogen) atoms. The van der Waals surface area contributed by atoms with Crippen molar-refractivity contribution in [2.24, 2.45) is 0 Å². The molecule has 7 nitrogen and oxygen atoms in total. The molecule has 0 radical (unpaired) electrons. The third-order valence-electron chi connectivity index (χ3n) is 6.39. The predicted molar refractivity (Wildman–Crippen MR) is 131 cm³/mol. The molecule has 0 unspecified atom stereocenters. The molecule has 0 N–H and O–H groups in total. The zero-order valence-electron chi connectivity index (χ0n) is 20.0. The first-order valence-electron chi connectivity index (χ1n) is 11.8. The summed E-state index contributed by atoms with van der Waals surface area (Å²) >= 11 is 0. The number of aromatic nitrogens is 2.